The van der Waals surface area contributed by atoms with E-state index in [2.05, 4.69) is 5.32 Å². The van der Waals surface area contributed by atoms with E-state index in [1.54, 1.807) is 74.9 Å². The van der Waals surface area contributed by atoms with Crippen LogP contribution in [0.2, 0.25) is 0 Å². The van der Waals surface area contributed by atoms with Gasteiger partial charge in [-0.15, -0.1) is 0 Å². The highest BCUT2D eigenvalue weighted by molar-refractivity contribution is 7.92. The molecule has 0 aliphatic rings. The summed E-state index contributed by atoms with van der Waals surface area (Å²) in [7, 11) is 0.860. The van der Waals surface area contributed by atoms with Crippen LogP contribution < -0.4 is 19.1 Å². The fraction of sp³-hybridized carbons (Fsp3) is 0.182. The Bertz CT molecular complexity index is 1080. The van der Waals surface area contributed by atoms with Gasteiger partial charge in [-0.2, -0.15) is 0 Å². The second-order valence-electron chi connectivity index (χ2n) is 6.52. The van der Waals surface area contributed by atoms with Gasteiger partial charge in [0.05, 0.1) is 24.8 Å². The molecular formula is C22H24N2O5S. The molecule has 0 heterocycles. The lowest BCUT2D eigenvalue weighted by Crippen LogP contribution is -2.26. The minimum Gasteiger partial charge on any atom is -0.497 e. The minimum absolute atomic E-state index is 0.123. The van der Waals surface area contributed by atoms with Gasteiger partial charge < -0.3 is 19.9 Å². The zero-order valence-corrected chi connectivity index (χ0v) is 17.8. The molecule has 0 spiro atoms. The molecule has 158 valence electrons. The first-order valence-electron chi connectivity index (χ1n) is 9.17. The van der Waals surface area contributed by atoms with Crippen molar-refractivity contribution >= 4 is 21.4 Å². The van der Waals surface area contributed by atoms with E-state index in [4.69, 9.17) is 9.47 Å². The van der Waals surface area contributed by atoms with Gasteiger partial charge in [0.15, 0.2) is 6.23 Å². The summed E-state index contributed by atoms with van der Waals surface area (Å²) < 4.78 is 37.3. The fourth-order valence-corrected chi connectivity index (χ4v) is 4.06. The van der Waals surface area contributed by atoms with Crippen LogP contribution in [0.25, 0.3) is 0 Å². The molecule has 0 bridgehead atoms. The maximum Gasteiger partial charge on any atom is 0.264 e. The van der Waals surface area contributed by atoms with Gasteiger partial charge >= 0.3 is 0 Å². The molecule has 30 heavy (non-hydrogen) atoms. The van der Waals surface area contributed by atoms with E-state index >= 15 is 0 Å². The second kappa shape index (κ2) is 9.06. The number of methoxy groups -OCH3 is 2. The smallest absolute Gasteiger partial charge is 0.264 e. The normalized spacial score (nSPS) is 12.1. The first-order chi connectivity index (χ1) is 14.3. The number of anilines is 2. The summed E-state index contributed by atoms with van der Waals surface area (Å²) >= 11 is 0. The third kappa shape index (κ3) is 4.67. The Morgan fingerprint density at radius 1 is 0.900 bits per heavy atom. The van der Waals surface area contributed by atoms with Gasteiger partial charge in [-0.25, -0.2) is 8.42 Å². The molecule has 8 heteroatoms. The van der Waals surface area contributed by atoms with Crippen molar-refractivity contribution in [3.05, 3.63) is 78.4 Å². The van der Waals surface area contributed by atoms with Gasteiger partial charge in [0.1, 0.15) is 11.5 Å². The van der Waals surface area contributed by atoms with Gasteiger partial charge in [-0.3, -0.25) is 4.31 Å². The maximum absolute atomic E-state index is 12.9. The van der Waals surface area contributed by atoms with E-state index in [1.807, 2.05) is 0 Å². The summed E-state index contributed by atoms with van der Waals surface area (Å²) in [6, 6.07) is 20.0. The highest BCUT2D eigenvalue weighted by atomic mass is 32.2. The van der Waals surface area contributed by atoms with E-state index in [-0.39, 0.29) is 4.90 Å². The van der Waals surface area contributed by atoms with Crippen LogP contribution in [-0.2, 0) is 10.0 Å². The minimum atomic E-state index is -3.75. The highest BCUT2D eigenvalue weighted by Crippen LogP contribution is 2.26. The van der Waals surface area contributed by atoms with Crippen molar-refractivity contribution in [2.45, 2.75) is 11.1 Å². The number of hydrogen-bond acceptors (Lipinski definition) is 6. The number of ether oxygens (including phenoxy) is 2. The molecule has 0 aliphatic carbocycles. The Hall–Kier alpha value is -3.23. The molecule has 1 unspecified atom stereocenters. The molecule has 3 aromatic carbocycles. The maximum atomic E-state index is 12.9. The number of aliphatic hydroxyl groups is 1. The monoisotopic (exact) mass is 428 g/mol. The average Bonchev–Trinajstić information content (AvgIpc) is 2.78. The Morgan fingerprint density at radius 3 is 2.13 bits per heavy atom. The molecular weight excluding hydrogens is 404 g/mol. The van der Waals surface area contributed by atoms with Crippen molar-refractivity contribution in [3.8, 4) is 11.5 Å². The molecule has 1 atom stereocenters. The lowest BCUT2D eigenvalue weighted by molar-refractivity contribution is 0.208. The standard InChI is InChI=1S/C22H24N2O5S/c1-24(18-9-11-19(28-2)12-10-18)30(26,27)21-13-7-16(8-14-21)22(25)23-17-5-4-6-20(15-17)29-3/h4-15,22-23,25H,1-3H3. The molecule has 0 amide bonds. The van der Waals surface area contributed by atoms with Crippen LogP contribution in [0.15, 0.2) is 77.7 Å². The van der Waals surface area contributed by atoms with Crippen molar-refractivity contribution < 1.29 is 23.0 Å². The third-order valence-electron chi connectivity index (χ3n) is 4.66. The van der Waals surface area contributed by atoms with Gasteiger partial charge in [0, 0.05) is 24.4 Å². The SMILES string of the molecule is COc1ccc(N(C)S(=O)(=O)c2ccc(C(O)Nc3cccc(OC)c3)cc2)cc1. The molecule has 0 saturated carbocycles. The second-order valence-corrected chi connectivity index (χ2v) is 8.49. The molecule has 3 rings (SSSR count). The average molecular weight is 429 g/mol. The number of nitrogens with one attached hydrogen (secondary N) is 1. The van der Waals surface area contributed by atoms with Crippen molar-refractivity contribution in [2.75, 3.05) is 30.9 Å². The zero-order valence-electron chi connectivity index (χ0n) is 16.9. The van der Waals surface area contributed by atoms with E-state index in [1.165, 1.54) is 23.5 Å². The fourth-order valence-electron chi connectivity index (χ4n) is 2.87. The molecule has 7 nitrogen and oxygen atoms in total. The van der Waals surface area contributed by atoms with Crippen molar-refractivity contribution in [3.63, 3.8) is 0 Å². The third-order valence-corrected chi connectivity index (χ3v) is 6.46. The topological polar surface area (TPSA) is 88.1 Å². The zero-order chi connectivity index (χ0) is 21.7. The van der Waals surface area contributed by atoms with Crippen LogP contribution in [0.4, 0.5) is 11.4 Å². The molecule has 0 saturated heterocycles. The van der Waals surface area contributed by atoms with E-state index in [0.29, 0.717) is 28.4 Å². The molecule has 0 aromatic heterocycles. The van der Waals surface area contributed by atoms with Crippen LogP contribution >= 0.6 is 0 Å². The molecule has 2 N–H and O–H groups in total. The van der Waals surface area contributed by atoms with Crippen LogP contribution in [0.3, 0.4) is 0 Å². The predicted molar refractivity (Wildman–Crippen MR) is 117 cm³/mol. The van der Waals surface area contributed by atoms with E-state index < -0.39 is 16.3 Å². The van der Waals surface area contributed by atoms with Crippen LogP contribution in [0, 0.1) is 0 Å². The Kier molecular flexibility index (Phi) is 6.49. The molecule has 0 fully saturated rings. The Balaban J connectivity index is 1.75. The summed E-state index contributed by atoms with van der Waals surface area (Å²) in [5, 5.41) is 13.4. The number of sulfonamides is 1. The van der Waals surface area contributed by atoms with E-state index in [9.17, 15) is 13.5 Å². The van der Waals surface area contributed by atoms with Crippen molar-refractivity contribution in [1.82, 2.24) is 0 Å². The summed E-state index contributed by atoms with van der Waals surface area (Å²) in [5.41, 5.74) is 1.72. The number of aliphatic hydroxyl groups excluding tert-OH is 1. The summed E-state index contributed by atoms with van der Waals surface area (Å²) in [6.07, 6.45) is -1.01. The Labute approximate surface area is 176 Å². The quantitative estimate of drug-likeness (QED) is 0.533. The largest absolute Gasteiger partial charge is 0.497 e. The van der Waals surface area contributed by atoms with Gasteiger partial charge in [-0.1, -0.05) is 18.2 Å². The molecule has 0 aliphatic heterocycles. The molecule has 0 radical (unpaired) electrons. The number of rotatable bonds is 8. The lowest BCUT2D eigenvalue weighted by Gasteiger charge is -2.20. The van der Waals surface area contributed by atoms with Gasteiger partial charge in [0.2, 0.25) is 0 Å². The number of nitrogens with zero attached hydrogens (tertiary/aromatic N) is 1. The predicted octanol–water partition coefficient (Wildman–Crippen LogP) is 3.63. The van der Waals surface area contributed by atoms with Gasteiger partial charge in [-0.05, 0) is 48.5 Å². The summed E-state index contributed by atoms with van der Waals surface area (Å²) in [6.45, 7) is 0. The summed E-state index contributed by atoms with van der Waals surface area (Å²) in [4.78, 5) is 0.123. The highest BCUT2D eigenvalue weighted by Gasteiger charge is 2.22. The number of benzene rings is 3. The van der Waals surface area contributed by atoms with Crippen LogP contribution in [0.5, 0.6) is 11.5 Å². The lowest BCUT2D eigenvalue weighted by atomic mass is 10.2. The first-order valence-corrected chi connectivity index (χ1v) is 10.6. The van der Waals surface area contributed by atoms with Crippen molar-refractivity contribution in [1.29, 1.82) is 0 Å². The first kappa shape index (κ1) is 21.5. The van der Waals surface area contributed by atoms with Crippen LogP contribution in [0.1, 0.15) is 11.8 Å². The number of hydrogen-bond donors (Lipinski definition) is 2. The summed E-state index contributed by atoms with van der Waals surface area (Å²) in [5.74, 6) is 1.31. The Morgan fingerprint density at radius 2 is 1.53 bits per heavy atom. The molecule has 3 aromatic rings. The van der Waals surface area contributed by atoms with Crippen LogP contribution in [-0.4, -0.2) is 34.8 Å². The van der Waals surface area contributed by atoms with Gasteiger partial charge in [0.25, 0.3) is 10.0 Å². The van der Waals surface area contributed by atoms with E-state index in [0.717, 1.165) is 0 Å². The van der Waals surface area contributed by atoms with Crippen molar-refractivity contribution in [2.24, 2.45) is 0 Å².